The van der Waals surface area contributed by atoms with Crippen LogP contribution >= 0.6 is 21.2 Å². The molecule has 2 aliphatic carbocycles. The van der Waals surface area contributed by atoms with Gasteiger partial charge in [-0.2, -0.15) is 0 Å². The number of rotatable bonds is 11. The van der Waals surface area contributed by atoms with Gasteiger partial charge in [0.05, 0.1) is 6.10 Å². The molecule has 0 aliphatic heterocycles. The summed E-state index contributed by atoms with van der Waals surface area (Å²) >= 11 is 1.61. The summed E-state index contributed by atoms with van der Waals surface area (Å²) < 4.78 is 35.2. The number of nitrogens with two attached hydrogens (primary N) is 1. The molecule has 3 N–H and O–H groups in total. The maximum Gasteiger partial charge on any atom is 0.191 e. The number of anilines is 3. The number of aromatic nitrogens is 2. The summed E-state index contributed by atoms with van der Waals surface area (Å²) in [5.41, 5.74) is 7.90. The van der Waals surface area contributed by atoms with E-state index >= 15 is 0 Å². The molecule has 2 fully saturated rings. The lowest BCUT2D eigenvalue weighted by Gasteiger charge is -2.23. The lowest BCUT2D eigenvalue weighted by Crippen LogP contribution is -2.23. The van der Waals surface area contributed by atoms with Crippen LogP contribution in [0.2, 0.25) is 0 Å². The van der Waals surface area contributed by atoms with Gasteiger partial charge in [-0.05, 0) is 65.1 Å². The molecule has 35 heavy (non-hydrogen) atoms. The highest BCUT2D eigenvalue weighted by Crippen LogP contribution is 2.49. The molecule has 1 aromatic carbocycles. The van der Waals surface area contributed by atoms with Gasteiger partial charge in [0.2, 0.25) is 0 Å². The SMILES string of the molecule is CCCOC1CC(Nc2nc(SCCC)nc(N(P)C3C[C@H]3c3ccc(F)c(F)c3)c2N)C[C@@H]1C. The van der Waals surface area contributed by atoms with Gasteiger partial charge in [0.1, 0.15) is 5.69 Å². The molecule has 6 atom stereocenters. The summed E-state index contributed by atoms with van der Waals surface area (Å²) in [7, 11) is 2.72. The minimum atomic E-state index is -0.828. The van der Waals surface area contributed by atoms with Crippen LogP contribution in [0.1, 0.15) is 64.4 Å². The van der Waals surface area contributed by atoms with Crippen LogP contribution < -0.4 is 15.7 Å². The zero-order valence-electron chi connectivity index (χ0n) is 20.6. The first-order valence-corrected chi connectivity index (χ1v) is 14.0. The van der Waals surface area contributed by atoms with E-state index in [0.717, 1.165) is 50.0 Å². The van der Waals surface area contributed by atoms with Crippen molar-refractivity contribution in [2.24, 2.45) is 5.92 Å². The molecule has 0 radical (unpaired) electrons. The topological polar surface area (TPSA) is 76.3 Å². The number of hydrogen-bond donors (Lipinski definition) is 2. The second kappa shape index (κ2) is 11.6. The Bertz CT molecular complexity index is 1030. The number of nitrogen functional groups attached to an aromatic ring is 1. The van der Waals surface area contributed by atoms with Crippen LogP contribution in [0.25, 0.3) is 0 Å². The summed E-state index contributed by atoms with van der Waals surface area (Å²) in [6.45, 7) is 7.26. The summed E-state index contributed by atoms with van der Waals surface area (Å²) in [5, 5.41) is 4.26. The lowest BCUT2D eigenvalue weighted by atomic mass is 10.1. The zero-order valence-corrected chi connectivity index (χ0v) is 22.6. The molecule has 2 aliphatic rings. The summed E-state index contributed by atoms with van der Waals surface area (Å²) in [4.78, 5) is 9.52. The molecule has 0 amide bonds. The standard InChI is InChI=1S/C25H36F2N5OPS/c1-4-8-33-21-12-16(10-14(21)3)29-23-22(28)24(31-25(30-23)35-9-5-2)32(34)20-13-17(20)15-6-7-18(26)19(27)11-15/h6-7,11,14,16-17,20-21H,4-5,8-10,12-13,28,34H2,1-3H3,(H,29,30,31)/t14-,16?,17-,20?,21?/m0/s1. The number of benzene rings is 1. The van der Waals surface area contributed by atoms with E-state index in [1.54, 1.807) is 17.8 Å². The third kappa shape index (κ3) is 6.17. The van der Waals surface area contributed by atoms with Crippen molar-refractivity contribution in [1.82, 2.24) is 9.97 Å². The van der Waals surface area contributed by atoms with Crippen molar-refractivity contribution in [3.63, 3.8) is 0 Å². The third-order valence-corrected chi connectivity index (χ3v) is 8.44. The molecule has 4 unspecified atom stereocenters. The first kappa shape index (κ1) is 26.4. The monoisotopic (exact) mass is 523 g/mol. The van der Waals surface area contributed by atoms with Gasteiger partial charge in [-0.1, -0.05) is 38.6 Å². The van der Waals surface area contributed by atoms with Crippen molar-refractivity contribution in [1.29, 1.82) is 0 Å². The Kier molecular flexibility index (Phi) is 8.71. The minimum absolute atomic E-state index is 0.0808. The molecule has 1 aromatic heterocycles. The van der Waals surface area contributed by atoms with Crippen LogP contribution in [0, 0.1) is 17.6 Å². The van der Waals surface area contributed by atoms with Gasteiger partial charge < -0.3 is 20.5 Å². The summed E-state index contributed by atoms with van der Waals surface area (Å²) in [5.74, 6) is 1.12. The quantitative estimate of drug-likeness (QED) is 0.213. The second-order valence-corrected chi connectivity index (χ2v) is 11.2. The first-order chi connectivity index (χ1) is 16.8. The fraction of sp³-hybridized carbons (Fsp3) is 0.600. The number of halogens is 2. The van der Waals surface area contributed by atoms with Crippen molar-refractivity contribution in [3.05, 3.63) is 35.4 Å². The molecule has 0 spiro atoms. The molecule has 1 heterocycles. The Labute approximate surface area is 213 Å². The van der Waals surface area contributed by atoms with Crippen LogP contribution in [-0.2, 0) is 4.74 Å². The molecule has 4 rings (SSSR count). The van der Waals surface area contributed by atoms with Crippen molar-refractivity contribution < 1.29 is 13.5 Å². The Morgan fingerprint density at radius 1 is 1.17 bits per heavy atom. The molecule has 192 valence electrons. The van der Waals surface area contributed by atoms with Crippen LogP contribution in [0.3, 0.4) is 0 Å². The Balaban J connectivity index is 1.53. The van der Waals surface area contributed by atoms with Gasteiger partial charge in [-0.15, -0.1) is 0 Å². The normalized spacial score (nSPS) is 25.6. The van der Waals surface area contributed by atoms with Gasteiger partial charge in [0.25, 0.3) is 0 Å². The van der Waals surface area contributed by atoms with Gasteiger partial charge in [0.15, 0.2) is 28.4 Å². The van der Waals surface area contributed by atoms with Gasteiger partial charge >= 0.3 is 0 Å². The molecule has 6 nitrogen and oxygen atoms in total. The largest absolute Gasteiger partial charge is 0.393 e. The van der Waals surface area contributed by atoms with Crippen LogP contribution in [0.4, 0.5) is 26.1 Å². The highest BCUT2D eigenvalue weighted by molar-refractivity contribution is 7.99. The fourth-order valence-corrected chi connectivity index (χ4v) is 5.99. The molecule has 0 bridgehead atoms. The van der Waals surface area contributed by atoms with Crippen molar-refractivity contribution in [3.8, 4) is 0 Å². The van der Waals surface area contributed by atoms with E-state index in [0.29, 0.717) is 28.4 Å². The Morgan fingerprint density at radius 2 is 1.97 bits per heavy atom. The van der Waals surface area contributed by atoms with E-state index in [1.165, 1.54) is 12.1 Å². The lowest BCUT2D eigenvalue weighted by molar-refractivity contribution is 0.0328. The van der Waals surface area contributed by atoms with Crippen molar-refractivity contribution in [2.75, 3.05) is 28.1 Å². The van der Waals surface area contributed by atoms with E-state index in [4.69, 9.17) is 20.4 Å². The smallest absolute Gasteiger partial charge is 0.191 e. The van der Waals surface area contributed by atoms with E-state index < -0.39 is 11.6 Å². The van der Waals surface area contributed by atoms with Crippen molar-refractivity contribution in [2.45, 2.75) is 82.1 Å². The average Bonchev–Trinajstić information content (AvgIpc) is 3.56. The van der Waals surface area contributed by atoms with Gasteiger partial charge in [-0.3, -0.25) is 0 Å². The van der Waals surface area contributed by atoms with E-state index in [9.17, 15) is 8.78 Å². The predicted octanol–water partition coefficient (Wildman–Crippen LogP) is 6.00. The molecule has 10 heteroatoms. The van der Waals surface area contributed by atoms with Crippen LogP contribution in [0.5, 0.6) is 0 Å². The summed E-state index contributed by atoms with van der Waals surface area (Å²) in [6, 6.07) is 4.44. The number of nitrogens with zero attached hydrogens (tertiary/aromatic N) is 3. The molecular formula is C25H36F2N5OPS. The molecule has 0 saturated heterocycles. The number of thioether (sulfide) groups is 1. The highest BCUT2D eigenvalue weighted by atomic mass is 32.2. The fourth-order valence-electron chi connectivity index (χ4n) is 4.77. The molecular weight excluding hydrogens is 487 g/mol. The van der Waals surface area contributed by atoms with Gasteiger partial charge in [0, 0.05) is 30.4 Å². The zero-order chi connectivity index (χ0) is 25.1. The first-order valence-electron chi connectivity index (χ1n) is 12.5. The van der Waals surface area contributed by atoms with E-state index in [2.05, 4.69) is 35.5 Å². The maximum atomic E-state index is 13.8. The number of nitrogens with one attached hydrogen (secondary N) is 1. The third-order valence-electron chi connectivity index (χ3n) is 6.76. The molecule has 2 saturated carbocycles. The summed E-state index contributed by atoms with van der Waals surface area (Å²) in [6.07, 6.45) is 5.00. The highest BCUT2D eigenvalue weighted by Gasteiger charge is 2.43. The Morgan fingerprint density at radius 3 is 2.69 bits per heavy atom. The number of ether oxygens (including phenoxy) is 1. The Hall–Kier alpha value is -1.70. The van der Waals surface area contributed by atoms with Crippen LogP contribution in [-0.4, -0.2) is 40.5 Å². The predicted molar refractivity (Wildman–Crippen MR) is 143 cm³/mol. The van der Waals surface area contributed by atoms with Crippen LogP contribution in [0.15, 0.2) is 23.4 Å². The van der Waals surface area contributed by atoms with Crippen molar-refractivity contribution >= 4 is 38.5 Å². The van der Waals surface area contributed by atoms with E-state index in [-0.39, 0.29) is 24.1 Å². The number of hydrogen-bond acceptors (Lipinski definition) is 7. The second-order valence-electron chi connectivity index (χ2n) is 9.63. The molecule has 2 aromatic rings. The van der Waals surface area contributed by atoms with E-state index in [1.807, 2.05) is 4.67 Å². The minimum Gasteiger partial charge on any atom is -0.393 e. The average molecular weight is 524 g/mol. The maximum absolute atomic E-state index is 13.8. The van der Waals surface area contributed by atoms with Gasteiger partial charge in [-0.25, -0.2) is 18.7 Å².